The number of carbonyl (C=O) groups is 1. The lowest BCUT2D eigenvalue weighted by Gasteiger charge is -2.36. The number of hydrogen-bond donors (Lipinski definition) is 2. The molecule has 0 aliphatic carbocycles. The van der Waals surface area contributed by atoms with Gasteiger partial charge in [-0.1, -0.05) is 60.7 Å². The van der Waals surface area contributed by atoms with E-state index < -0.39 is 0 Å². The Morgan fingerprint density at radius 3 is 2.55 bits per heavy atom. The van der Waals surface area contributed by atoms with Crippen LogP contribution in [-0.2, 0) is 6.42 Å². The Morgan fingerprint density at radius 1 is 1.00 bits per heavy atom. The lowest BCUT2D eigenvalue weighted by Crippen LogP contribution is -2.54. The number of aromatic amines is 1. The van der Waals surface area contributed by atoms with Crippen LogP contribution in [0.3, 0.4) is 0 Å². The summed E-state index contributed by atoms with van der Waals surface area (Å²) in [4.78, 5) is 34.6. The van der Waals surface area contributed by atoms with Gasteiger partial charge in [0.05, 0.1) is 23.6 Å². The van der Waals surface area contributed by atoms with Crippen molar-refractivity contribution in [2.75, 3.05) is 44.7 Å². The molecule has 0 spiro atoms. The molecule has 38 heavy (non-hydrogen) atoms. The van der Waals surface area contributed by atoms with Gasteiger partial charge in [0.1, 0.15) is 18.1 Å². The van der Waals surface area contributed by atoms with Gasteiger partial charge in [0.15, 0.2) is 0 Å². The van der Waals surface area contributed by atoms with E-state index in [9.17, 15) is 9.59 Å². The highest BCUT2D eigenvalue weighted by Gasteiger charge is 2.32. The van der Waals surface area contributed by atoms with E-state index in [1.54, 1.807) is 4.57 Å². The monoisotopic (exact) mass is 509 g/mol. The summed E-state index contributed by atoms with van der Waals surface area (Å²) in [5.41, 5.74) is 4.10. The standard InChI is InChI=1S/C30H31N5O3/c1-33-16-17-38-26-13-12-23(19-25(26)33)35-28(22-10-6-3-7-11-22)27(32-30(35)37)29(36)34-15-14-31-20-24(34)18-21-8-4-2-5-9-21/h2-13,19,24,31H,14-18,20H2,1H3,(H,32,37). The fraction of sp³-hybridized carbons (Fsp3) is 0.267. The van der Waals surface area contributed by atoms with Gasteiger partial charge in [-0.05, 0) is 30.2 Å². The summed E-state index contributed by atoms with van der Waals surface area (Å²) in [5, 5.41) is 3.43. The number of piperazine rings is 1. The molecule has 6 rings (SSSR count). The SMILES string of the molecule is CN1CCOc2ccc(-n3c(-c4ccccc4)c(C(=O)N4CCNCC4Cc4ccccc4)[nH]c3=O)cc21. The lowest BCUT2D eigenvalue weighted by molar-refractivity contribution is 0.0631. The Hall–Kier alpha value is -4.30. The average molecular weight is 510 g/mol. The third kappa shape index (κ3) is 4.48. The van der Waals surface area contributed by atoms with Crippen LogP contribution in [0.2, 0.25) is 0 Å². The molecule has 3 aromatic carbocycles. The van der Waals surface area contributed by atoms with Crippen molar-refractivity contribution >= 4 is 11.6 Å². The number of fused-ring (bicyclic) bond motifs is 1. The van der Waals surface area contributed by atoms with E-state index in [0.717, 1.165) is 30.0 Å². The molecule has 1 unspecified atom stereocenters. The van der Waals surface area contributed by atoms with Gasteiger partial charge < -0.3 is 24.8 Å². The average Bonchev–Trinajstić information content (AvgIpc) is 3.31. The first-order valence-corrected chi connectivity index (χ1v) is 13.0. The van der Waals surface area contributed by atoms with Crippen molar-refractivity contribution in [1.29, 1.82) is 0 Å². The Kier molecular flexibility index (Phi) is 6.47. The van der Waals surface area contributed by atoms with Crippen molar-refractivity contribution in [1.82, 2.24) is 19.8 Å². The zero-order valence-corrected chi connectivity index (χ0v) is 21.4. The highest BCUT2D eigenvalue weighted by molar-refractivity contribution is 5.99. The largest absolute Gasteiger partial charge is 0.490 e. The second kappa shape index (κ2) is 10.2. The number of carbonyl (C=O) groups excluding carboxylic acids is 1. The van der Waals surface area contributed by atoms with E-state index >= 15 is 0 Å². The number of amides is 1. The minimum absolute atomic E-state index is 0.0244. The van der Waals surface area contributed by atoms with Gasteiger partial charge in [0.25, 0.3) is 5.91 Å². The van der Waals surface area contributed by atoms with Gasteiger partial charge in [-0.3, -0.25) is 9.36 Å². The summed E-state index contributed by atoms with van der Waals surface area (Å²) in [7, 11) is 2.01. The van der Waals surface area contributed by atoms with Gasteiger partial charge in [-0.25, -0.2) is 4.79 Å². The first-order valence-electron chi connectivity index (χ1n) is 13.0. The second-order valence-corrected chi connectivity index (χ2v) is 9.82. The smallest absolute Gasteiger partial charge is 0.331 e. The van der Waals surface area contributed by atoms with Crippen LogP contribution in [0, 0.1) is 0 Å². The molecule has 1 saturated heterocycles. The van der Waals surface area contributed by atoms with Crippen LogP contribution in [0.15, 0.2) is 83.7 Å². The summed E-state index contributed by atoms with van der Waals surface area (Å²) in [6.07, 6.45) is 0.738. The van der Waals surface area contributed by atoms with Crippen LogP contribution in [0.25, 0.3) is 16.9 Å². The molecular formula is C30H31N5O3. The first-order chi connectivity index (χ1) is 18.6. The molecular weight excluding hydrogens is 478 g/mol. The van der Waals surface area contributed by atoms with Gasteiger partial charge >= 0.3 is 5.69 Å². The number of anilines is 1. The first kappa shape index (κ1) is 24.1. The van der Waals surface area contributed by atoms with E-state index in [1.165, 1.54) is 5.56 Å². The zero-order valence-electron chi connectivity index (χ0n) is 21.4. The van der Waals surface area contributed by atoms with Crippen molar-refractivity contribution in [2.24, 2.45) is 0 Å². The van der Waals surface area contributed by atoms with Crippen LogP contribution in [0.5, 0.6) is 5.75 Å². The molecule has 2 aliphatic heterocycles. The number of rotatable bonds is 5. The molecule has 1 atom stereocenters. The molecule has 1 aromatic heterocycles. The number of H-pyrrole nitrogens is 1. The van der Waals surface area contributed by atoms with Crippen LogP contribution in [-0.4, -0.2) is 66.2 Å². The molecule has 1 amide bonds. The molecule has 194 valence electrons. The number of nitrogens with one attached hydrogen (secondary N) is 2. The quantitative estimate of drug-likeness (QED) is 0.431. The summed E-state index contributed by atoms with van der Waals surface area (Å²) in [5.74, 6) is 0.619. The molecule has 4 aromatic rings. The maximum Gasteiger partial charge on any atom is 0.331 e. The van der Waals surface area contributed by atoms with Crippen LogP contribution in [0.4, 0.5) is 5.69 Å². The van der Waals surface area contributed by atoms with Crippen molar-refractivity contribution < 1.29 is 9.53 Å². The van der Waals surface area contributed by atoms with Crippen LogP contribution in [0.1, 0.15) is 16.1 Å². The number of nitrogens with zero attached hydrogens (tertiary/aromatic N) is 3. The fourth-order valence-corrected chi connectivity index (χ4v) is 5.42. The highest BCUT2D eigenvalue weighted by Crippen LogP contribution is 2.34. The van der Waals surface area contributed by atoms with Gasteiger partial charge in [0.2, 0.25) is 0 Å². The van der Waals surface area contributed by atoms with Crippen LogP contribution >= 0.6 is 0 Å². The van der Waals surface area contributed by atoms with E-state index in [4.69, 9.17) is 4.74 Å². The van der Waals surface area contributed by atoms with E-state index in [0.29, 0.717) is 43.3 Å². The molecule has 8 nitrogen and oxygen atoms in total. The number of hydrogen-bond acceptors (Lipinski definition) is 5. The number of imidazole rings is 1. The molecule has 2 N–H and O–H groups in total. The topological polar surface area (TPSA) is 82.6 Å². The van der Waals surface area contributed by atoms with Gasteiger partial charge in [-0.2, -0.15) is 0 Å². The molecule has 3 heterocycles. The molecule has 0 radical (unpaired) electrons. The minimum Gasteiger partial charge on any atom is -0.490 e. The molecule has 2 aliphatic rings. The van der Waals surface area contributed by atoms with Crippen molar-refractivity contribution in [2.45, 2.75) is 12.5 Å². The highest BCUT2D eigenvalue weighted by atomic mass is 16.5. The molecule has 0 bridgehead atoms. The Balaban J connectivity index is 1.44. The number of ether oxygens (including phenoxy) is 1. The number of likely N-dealkylation sites (N-methyl/N-ethyl adjacent to an activating group) is 1. The minimum atomic E-state index is -0.346. The second-order valence-electron chi connectivity index (χ2n) is 9.82. The predicted molar refractivity (Wildman–Crippen MR) is 148 cm³/mol. The maximum atomic E-state index is 14.2. The van der Waals surface area contributed by atoms with Gasteiger partial charge in [0, 0.05) is 38.3 Å². The third-order valence-corrected chi connectivity index (χ3v) is 7.38. The lowest BCUT2D eigenvalue weighted by atomic mass is 10.0. The summed E-state index contributed by atoms with van der Waals surface area (Å²) in [6.45, 7) is 3.36. The summed E-state index contributed by atoms with van der Waals surface area (Å²) < 4.78 is 7.42. The predicted octanol–water partition coefficient (Wildman–Crippen LogP) is 3.32. The van der Waals surface area contributed by atoms with Crippen molar-refractivity contribution in [3.63, 3.8) is 0 Å². The van der Waals surface area contributed by atoms with E-state index in [-0.39, 0.29) is 17.6 Å². The van der Waals surface area contributed by atoms with Gasteiger partial charge in [-0.15, -0.1) is 0 Å². The molecule has 1 fully saturated rings. The van der Waals surface area contributed by atoms with E-state index in [2.05, 4.69) is 27.3 Å². The summed E-state index contributed by atoms with van der Waals surface area (Å²) >= 11 is 0. The molecule has 8 heteroatoms. The van der Waals surface area contributed by atoms with Crippen molar-refractivity contribution in [3.05, 3.63) is 101 Å². The zero-order chi connectivity index (χ0) is 26.1. The Morgan fingerprint density at radius 2 is 1.76 bits per heavy atom. The summed E-state index contributed by atoms with van der Waals surface area (Å²) in [6, 6.07) is 25.5. The Labute approximate surface area is 221 Å². The number of aromatic nitrogens is 2. The maximum absolute atomic E-state index is 14.2. The van der Waals surface area contributed by atoms with Crippen LogP contribution < -0.4 is 20.6 Å². The third-order valence-electron chi connectivity index (χ3n) is 7.38. The van der Waals surface area contributed by atoms with Crippen molar-refractivity contribution in [3.8, 4) is 22.7 Å². The Bertz CT molecular complexity index is 1500. The number of benzene rings is 3. The normalized spacial score (nSPS) is 17.1. The van der Waals surface area contributed by atoms with E-state index in [1.807, 2.05) is 78.7 Å². The molecule has 0 saturated carbocycles. The fourth-order valence-electron chi connectivity index (χ4n) is 5.42.